The van der Waals surface area contributed by atoms with Crippen molar-refractivity contribution in [2.45, 2.75) is 29.5 Å². The topological polar surface area (TPSA) is 30.5 Å². The van der Waals surface area contributed by atoms with Crippen LogP contribution in [-0.4, -0.2) is 37.0 Å². The second-order valence-corrected chi connectivity index (χ2v) is 7.33. The second-order valence-electron chi connectivity index (χ2n) is 5.07. The SMILES string of the molecule is CSc1cc2c(cc1CNCC1CCCS1)OCCO2. The summed E-state index contributed by atoms with van der Waals surface area (Å²) >= 11 is 3.87. The van der Waals surface area contributed by atoms with E-state index in [4.69, 9.17) is 9.47 Å². The maximum atomic E-state index is 5.68. The van der Waals surface area contributed by atoms with Crippen LogP contribution < -0.4 is 14.8 Å². The van der Waals surface area contributed by atoms with Crippen LogP contribution in [0.25, 0.3) is 0 Å². The Balaban J connectivity index is 1.64. The number of nitrogens with one attached hydrogen (secondary N) is 1. The molecular weight excluding hydrogens is 290 g/mol. The maximum absolute atomic E-state index is 5.68. The molecule has 0 aliphatic carbocycles. The van der Waals surface area contributed by atoms with E-state index in [0.717, 1.165) is 29.8 Å². The van der Waals surface area contributed by atoms with Gasteiger partial charge in [0, 0.05) is 23.2 Å². The molecule has 0 amide bonds. The predicted octanol–water partition coefficient (Wildman–Crippen LogP) is 3.16. The van der Waals surface area contributed by atoms with Crippen molar-refractivity contribution in [3.63, 3.8) is 0 Å². The van der Waals surface area contributed by atoms with E-state index in [-0.39, 0.29) is 0 Å². The van der Waals surface area contributed by atoms with Crippen molar-refractivity contribution in [3.8, 4) is 11.5 Å². The molecule has 1 aromatic rings. The highest BCUT2D eigenvalue weighted by Gasteiger charge is 2.17. The van der Waals surface area contributed by atoms with E-state index in [9.17, 15) is 0 Å². The molecule has 1 saturated heterocycles. The van der Waals surface area contributed by atoms with E-state index >= 15 is 0 Å². The zero-order chi connectivity index (χ0) is 13.8. The molecule has 0 bridgehead atoms. The Morgan fingerprint density at radius 2 is 2.10 bits per heavy atom. The second kappa shape index (κ2) is 6.96. The lowest BCUT2D eigenvalue weighted by Crippen LogP contribution is -2.23. The van der Waals surface area contributed by atoms with Gasteiger partial charge in [-0.15, -0.1) is 11.8 Å². The van der Waals surface area contributed by atoms with E-state index in [0.29, 0.717) is 13.2 Å². The van der Waals surface area contributed by atoms with Crippen molar-refractivity contribution in [2.24, 2.45) is 0 Å². The van der Waals surface area contributed by atoms with Gasteiger partial charge in [-0.05, 0) is 42.5 Å². The number of hydrogen-bond acceptors (Lipinski definition) is 5. The fourth-order valence-corrected chi connectivity index (χ4v) is 4.47. The lowest BCUT2D eigenvalue weighted by molar-refractivity contribution is 0.171. The molecule has 2 aliphatic rings. The molecule has 1 fully saturated rings. The van der Waals surface area contributed by atoms with Gasteiger partial charge in [-0.2, -0.15) is 11.8 Å². The van der Waals surface area contributed by atoms with Crippen molar-refractivity contribution in [1.29, 1.82) is 0 Å². The first kappa shape index (κ1) is 14.4. The lowest BCUT2D eigenvalue weighted by atomic mass is 10.2. The van der Waals surface area contributed by atoms with Crippen molar-refractivity contribution in [2.75, 3.05) is 31.8 Å². The van der Waals surface area contributed by atoms with Gasteiger partial charge < -0.3 is 14.8 Å². The Hall–Kier alpha value is -0.520. The maximum Gasteiger partial charge on any atom is 0.162 e. The quantitative estimate of drug-likeness (QED) is 0.844. The molecule has 110 valence electrons. The highest BCUT2D eigenvalue weighted by atomic mass is 32.2. The van der Waals surface area contributed by atoms with Crippen LogP contribution in [0.4, 0.5) is 0 Å². The molecule has 1 atom stereocenters. The number of ether oxygens (including phenoxy) is 2. The minimum Gasteiger partial charge on any atom is -0.486 e. The predicted molar refractivity (Wildman–Crippen MR) is 86.4 cm³/mol. The summed E-state index contributed by atoms with van der Waals surface area (Å²) in [5.74, 6) is 3.10. The van der Waals surface area contributed by atoms with Crippen molar-refractivity contribution >= 4 is 23.5 Å². The summed E-state index contributed by atoms with van der Waals surface area (Å²) < 4.78 is 11.3. The monoisotopic (exact) mass is 311 g/mol. The van der Waals surface area contributed by atoms with E-state index in [1.54, 1.807) is 11.8 Å². The van der Waals surface area contributed by atoms with Crippen molar-refractivity contribution in [1.82, 2.24) is 5.32 Å². The minimum absolute atomic E-state index is 0.650. The highest BCUT2D eigenvalue weighted by molar-refractivity contribution is 8.00. The van der Waals surface area contributed by atoms with E-state index in [2.05, 4.69) is 35.5 Å². The van der Waals surface area contributed by atoms with Gasteiger partial charge in [-0.25, -0.2) is 0 Å². The minimum atomic E-state index is 0.650. The summed E-state index contributed by atoms with van der Waals surface area (Å²) in [6.07, 6.45) is 4.84. The normalized spacial score (nSPS) is 21.1. The Kier molecular flexibility index (Phi) is 5.02. The fraction of sp³-hybridized carbons (Fsp3) is 0.600. The molecule has 2 heterocycles. The Bertz CT molecular complexity index is 461. The Labute approximate surface area is 129 Å². The average molecular weight is 311 g/mol. The van der Waals surface area contributed by atoms with Crippen LogP contribution >= 0.6 is 23.5 Å². The molecule has 20 heavy (non-hydrogen) atoms. The summed E-state index contributed by atoms with van der Waals surface area (Å²) in [5, 5.41) is 4.39. The summed E-state index contributed by atoms with van der Waals surface area (Å²) in [7, 11) is 0. The van der Waals surface area contributed by atoms with Crippen LogP contribution in [0, 0.1) is 0 Å². The third-order valence-electron chi connectivity index (χ3n) is 3.66. The van der Waals surface area contributed by atoms with Crippen LogP contribution in [0.15, 0.2) is 17.0 Å². The molecule has 0 radical (unpaired) electrons. The largest absolute Gasteiger partial charge is 0.486 e. The summed E-state index contributed by atoms with van der Waals surface area (Å²) in [4.78, 5) is 1.28. The molecule has 0 aromatic heterocycles. The lowest BCUT2D eigenvalue weighted by Gasteiger charge is -2.21. The molecule has 1 unspecified atom stereocenters. The molecule has 2 aliphatic heterocycles. The number of rotatable bonds is 5. The third-order valence-corrected chi connectivity index (χ3v) is 5.87. The van der Waals surface area contributed by atoms with Gasteiger partial charge in [-0.3, -0.25) is 0 Å². The number of thioether (sulfide) groups is 2. The smallest absolute Gasteiger partial charge is 0.162 e. The van der Waals surface area contributed by atoms with Crippen LogP contribution in [-0.2, 0) is 6.54 Å². The molecule has 3 rings (SSSR count). The number of benzene rings is 1. The summed E-state index contributed by atoms with van der Waals surface area (Å²) in [6, 6.07) is 4.25. The van der Waals surface area contributed by atoms with Crippen LogP contribution in [0.5, 0.6) is 11.5 Å². The first-order valence-electron chi connectivity index (χ1n) is 7.15. The Morgan fingerprint density at radius 3 is 2.80 bits per heavy atom. The van der Waals surface area contributed by atoms with Crippen molar-refractivity contribution in [3.05, 3.63) is 17.7 Å². The van der Waals surface area contributed by atoms with Crippen LogP contribution in [0.1, 0.15) is 18.4 Å². The van der Waals surface area contributed by atoms with E-state index < -0.39 is 0 Å². The molecule has 5 heteroatoms. The fourth-order valence-electron chi connectivity index (χ4n) is 2.61. The first-order chi connectivity index (χ1) is 9.86. The molecule has 3 nitrogen and oxygen atoms in total. The van der Waals surface area contributed by atoms with Gasteiger partial charge in [0.15, 0.2) is 11.5 Å². The summed E-state index contributed by atoms with van der Waals surface area (Å²) in [6.45, 7) is 3.31. The van der Waals surface area contributed by atoms with Crippen molar-refractivity contribution < 1.29 is 9.47 Å². The summed E-state index contributed by atoms with van der Waals surface area (Å²) in [5.41, 5.74) is 1.31. The van der Waals surface area contributed by atoms with Gasteiger partial charge in [0.05, 0.1) is 0 Å². The molecular formula is C15H21NO2S2. The molecule has 0 spiro atoms. The molecule has 1 aromatic carbocycles. The van der Waals surface area contributed by atoms with Gasteiger partial charge >= 0.3 is 0 Å². The zero-order valence-electron chi connectivity index (χ0n) is 11.8. The third kappa shape index (κ3) is 3.38. The van der Waals surface area contributed by atoms with Crippen LogP contribution in [0.3, 0.4) is 0 Å². The zero-order valence-corrected chi connectivity index (χ0v) is 13.4. The Morgan fingerprint density at radius 1 is 1.30 bits per heavy atom. The standard InChI is InChI=1S/C15H21NO2S2/c1-19-15-8-14-13(17-4-5-18-14)7-11(15)9-16-10-12-3-2-6-20-12/h7-8,12,16H,2-6,9-10H2,1H3. The van der Waals surface area contributed by atoms with Gasteiger partial charge in [0.2, 0.25) is 0 Å². The molecule has 1 N–H and O–H groups in total. The van der Waals surface area contributed by atoms with Crippen LogP contribution in [0.2, 0.25) is 0 Å². The average Bonchev–Trinajstić information content (AvgIpc) is 3.00. The van der Waals surface area contributed by atoms with E-state index in [1.165, 1.54) is 29.1 Å². The van der Waals surface area contributed by atoms with Gasteiger partial charge in [-0.1, -0.05) is 0 Å². The first-order valence-corrected chi connectivity index (χ1v) is 9.43. The number of hydrogen-bond donors (Lipinski definition) is 1. The molecule has 0 saturated carbocycles. The number of fused-ring (bicyclic) bond motifs is 1. The van der Waals surface area contributed by atoms with Gasteiger partial charge in [0.1, 0.15) is 13.2 Å². The van der Waals surface area contributed by atoms with E-state index in [1.807, 2.05) is 0 Å². The van der Waals surface area contributed by atoms with Gasteiger partial charge in [0.25, 0.3) is 0 Å². The highest BCUT2D eigenvalue weighted by Crippen LogP contribution is 2.36.